The molecule has 106 valence electrons. The Morgan fingerprint density at radius 3 is 2.63 bits per heavy atom. The molecule has 0 saturated heterocycles. The second kappa shape index (κ2) is 6.43. The quantitative estimate of drug-likeness (QED) is 0.619. The smallest absolute Gasteiger partial charge is 0.309 e. The molecule has 1 aromatic carbocycles. The van der Waals surface area contributed by atoms with Crippen LogP contribution in [0.1, 0.15) is 25.8 Å². The molecule has 3 nitrogen and oxygen atoms in total. The summed E-state index contributed by atoms with van der Waals surface area (Å²) in [5.41, 5.74) is -0.913. The van der Waals surface area contributed by atoms with Gasteiger partial charge in [0, 0.05) is 12.1 Å². The lowest BCUT2D eigenvalue weighted by molar-refractivity contribution is -0.147. The molecule has 0 unspecified atom stereocenters. The summed E-state index contributed by atoms with van der Waals surface area (Å²) in [6, 6.07) is 2.49. The first-order valence-corrected chi connectivity index (χ1v) is 6.61. The number of halogens is 3. The van der Waals surface area contributed by atoms with Crippen molar-refractivity contribution in [3.63, 3.8) is 0 Å². The first-order valence-electron chi connectivity index (χ1n) is 5.82. The van der Waals surface area contributed by atoms with Gasteiger partial charge in [-0.2, -0.15) is 0 Å². The van der Waals surface area contributed by atoms with Crippen LogP contribution in [0.5, 0.6) is 0 Å². The minimum absolute atomic E-state index is 0.0206. The molecule has 2 N–H and O–H groups in total. The van der Waals surface area contributed by atoms with Crippen molar-refractivity contribution in [2.45, 2.75) is 26.8 Å². The van der Waals surface area contributed by atoms with Crippen LogP contribution in [0.25, 0.3) is 0 Å². The van der Waals surface area contributed by atoms with E-state index in [2.05, 4.69) is 21.2 Å². The first kappa shape index (κ1) is 16.0. The summed E-state index contributed by atoms with van der Waals surface area (Å²) in [6.45, 7) is 3.60. The van der Waals surface area contributed by atoms with E-state index < -0.39 is 23.0 Å². The largest absolute Gasteiger partial charge is 0.481 e. The van der Waals surface area contributed by atoms with Crippen LogP contribution >= 0.6 is 15.9 Å². The Morgan fingerprint density at radius 2 is 2.05 bits per heavy atom. The van der Waals surface area contributed by atoms with Crippen molar-refractivity contribution in [1.82, 2.24) is 5.32 Å². The van der Waals surface area contributed by atoms with E-state index in [1.165, 1.54) is 12.1 Å². The Bertz CT molecular complexity index is 478. The van der Waals surface area contributed by atoms with E-state index in [0.29, 0.717) is 13.0 Å². The fourth-order valence-electron chi connectivity index (χ4n) is 1.45. The molecule has 0 radical (unpaired) electrons. The van der Waals surface area contributed by atoms with Gasteiger partial charge in [-0.25, -0.2) is 8.78 Å². The summed E-state index contributed by atoms with van der Waals surface area (Å²) in [5.74, 6) is -2.15. The molecule has 0 spiro atoms. The third-order valence-corrected chi connectivity index (χ3v) is 3.56. The maximum Gasteiger partial charge on any atom is 0.309 e. The fourth-order valence-corrected chi connectivity index (χ4v) is 1.82. The monoisotopic (exact) mass is 335 g/mol. The van der Waals surface area contributed by atoms with Gasteiger partial charge in [0.05, 0.1) is 9.89 Å². The average molecular weight is 336 g/mol. The van der Waals surface area contributed by atoms with Gasteiger partial charge in [0.2, 0.25) is 0 Å². The van der Waals surface area contributed by atoms with E-state index in [9.17, 15) is 13.6 Å². The number of hydrogen-bond donors (Lipinski definition) is 2. The number of nitrogens with one attached hydrogen (secondary N) is 1. The maximum atomic E-state index is 13.6. The molecule has 0 atom stereocenters. The molecule has 0 aliphatic rings. The standard InChI is InChI=1S/C13H16BrF2NO2/c1-13(2,12(18)19)5-6-17-7-8-10(15)4-3-9(14)11(8)16/h3-4,17H,5-7H2,1-2H3,(H,18,19). The summed E-state index contributed by atoms with van der Waals surface area (Å²) >= 11 is 2.99. The molecule has 0 bridgehead atoms. The lowest BCUT2D eigenvalue weighted by Gasteiger charge is -2.19. The van der Waals surface area contributed by atoms with Crippen molar-refractivity contribution in [2.24, 2.45) is 5.41 Å². The zero-order valence-electron chi connectivity index (χ0n) is 10.8. The molecule has 0 saturated carbocycles. The third-order valence-electron chi connectivity index (χ3n) is 2.95. The molecule has 0 amide bonds. The molecule has 0 aromatic heterocycles. The molecule has 0 aliphatic heterocycles. The SMILES string of the molecule is CC(C)(CCNCc1c(F)ccc(Br)c1F)C(=O)O. The number of hydrogen-bond acceptors (Lipinski definition) is 2. The van der Waals surface area contributed by atoms with Crippen LogP contribution in [-0.4, -0.2) is 17.6 Å². The van der Waals surface area contributed by atoms with Crippen molar-refractivity contribution < 1.29 is 18.7 Å². The highest BCUT2D eigenvalue weighted by atomic mass is 79.9. The minimum Gasteiger partial charge on any atom is -0.481 e. The Morgan fingerprint density at radius 1 is 1.42 bits per heavy atom. The highest BCUT2D eigenvalue weighted by molar-refractivity contribution is 9.10. The number of aliphatic carboxylic acids is 1. The van der Waals surface area contributed by atoms with Gasteiger partial charge in [0.25, 0.3) is 0 Å². The van der Waals surface area contributed by atoms with Crippen LogP contribution < -0.4 is 5.32 Å². The lowest BCUT2D eigenvalue weighted by Crippen LogP contribution is -2.29. The van der Waals surface area contributed by atoms with Gasteiger partial charge >= 0.3 is 5.97 Å². The Balaban J connectivity index is 2.55. The fraction of sp³-hybridized carbons (Fsp3) is 0.462. The van der Waals surface area contributed by atoms with Gasteiger partial charge in [-0.3, -0.25) is 4.79 Å². The highest BCUT2D eigenvalue weighted by Gasteiger charge is 2.26. The molecule has 6 heteroatoms. The molecule has 0 heterocycles. The van der Waals surface area contributed by atoms with Gasteiger partial charge in [-0.05, 0) is 54.9 Å². The molecular formula is C13H16BrF2NO2. The van der Waals surface area contributed by atoms with Gasteiger partial charge < -0.3 is 10.4 Å². The minimum atomic E-state index is -0.894. The number of rotatable bonds is 6. The second-order valence-corrected chi connectivity index (χ2v) is 5.79. The van der Waals surface area contributed by atoms with E-state index in [1.807, 2.05) is 0 Å². The maximum absolute atomic E-state index is 13.6. The average Bonchev–Trinajstić information content (AvgIpc) is 2.33. The normalized spacial score (nSPS) is 11.6. The zero-order valence-corrected chi connectivity index (χ0v) is 12.4. The summed E-state index contributed by atoms with van der Waals surface area (Å²) in [4.78, 5) is 10.9. The summed E-state index contributed by atoms with van der Waals surface area (Å²) in [7, 11) is 0. The summed E-state index contributed by atoms with van der Waals surface area (Å²) in [6.07, 6.45) is 0.375. The summed E-state index contributed by atoms with van der Waals surface area (Å²) < 4.78 is 27.3. The number of carbonyl (C=O) groups is 1. The number of carboxylic acids is 1. The lowest BCUT2D eigenvalue weighted by atomic mass is 9.90. The Kier molecular flexibility index (Phi) is 5.43. The first-order chi connectivity index (χ1) is 8.75. The van der Waals surface area contributed by atoms with E-state index in [4.69, 9.17) is 5.11 Å². The topological polar surface area (TPSA) is 49.3 Å². The number of benzene rings is 1. The van der Waals surface area contributed by atoms with E-state index in [0.717, 1.165) is 0 Å². The van der Waals surface area contributed by atoms with Crippen LogP contribution in [-0.2, 0) is 11.3 Å². The Hall–Kier alpha value is -1.01. The zero-order chi connectivity index (χ0) is 14.6. The predicted octanol–water partition coefficient (Wildman–Crippen LogP) is 3.32. The summed E-state index contributed by atoms with van der Waals surface area (Å²) in [5, 5.41) is 11.8. The van der Waals surface area contributed by atoms with Crippen molar-refractivity contribution >= 4 is 21.9 Å². The van der Waals surface area contributed by atoms with E-state index >= 15 is 0 Å². The molecule has 1 rings (SSSR count). The molecular weight excluding hydrogens is 320 g/mol. The van der Waals surface area contributed by atoms with Crippen LogP contribution in [0.3, 0.4) is 0 Å². The Labute approximate surface area is 119 Å². The van der Waals surface area contributed by atoms with Crippen LogP contribution in [0.15, 0.2) is 16.6 Å². The van der Waals surface area contributed by atoms with Crippen molar-refractivity contribution in [3.05, 3.63) is 33.8 Å². The molecule has 1 aromatic rings. The van der Waals surface area contributed by atoms with E-state index in [1.54, 1.807) is 13.8 Å². The van der Waals surface area contributed by atoms with Crippen molar-refractivity contribution in [3.8, 4) is 0 Å². The van der Waals surface area contributed by atoms with Gasteiger partial charge in [-0.1, -0.05) is 0 Å². The van der Waals surface area contributed by atoms with Crippen LogP contribution in [0.4, 0.5) is 8.78 Å². The number of carboxylic acid groups (broad SMARTS) is 1. The van der Waals surface area contributed by atoms with Crippen LogP contribution in [0, 0.1) is 17.0 Å². The van der Waals surface area contributed by atoms with Gasteiger partial charge in [0.15, 0.2) is 0 Å². The highest BCUT2D eigenvalue weighted by Crippen LogP contribution is 2.22. The molecule has 0 fully saturated rings. The predicted molar refractivity (Wildman–Crippen MR) is 71.8 cm³/mol. The van der Waals surface area contributed by atoms with Crippen molar-refractivity contribution in [2.75, 3.05) is 6.54 Å². The third kappa shape index (κ3) is 4.24. The van der Waals surface area contributed by atoms with Crippen LogP contribution in [0.2, 0.25) is 0 Å². The van der Waals surface area contributed by atoms with Gasteiger partial charge in [-0.15, -0.1) is 0 Å². The molecule has 19 heavy (non-hydrogen) atoms. The second-order valence-electron chi connectivity index (χ2n) is 4.94. The van der Waals surface area contributed by atoms with Crippen molar-refractivity contribution in [1.29, 1.82) is 0 Å². The molecule has 0 aliphatic carbocycles. The van der Waals surface area contributed by atoms with Gasteiger partial charge in [0.1, 0.15) is 11.6 Å². The van der Waals surface area contributed by atoms with E-state index in [-0.39, 0.29) is 16.6 Å².